The molecule has 0 bridgehead atoms. The fraction of sp³-hybridized carbons (Fsp3) is 0.381. The van der Waals surface area contributed by atoms with E-state index in [1.165, 1.54) is 22.5 Å². The van der Waals surface area contributed by atoms with Crippen LogP contribution in [0.15, 0.2) is 52.3 Å². The Kier molecular flexibility index (Phi) is 9.03. The monoisotopic (exact) mass is 470 g/mol. The van der Waals surface area contributed by atoms with Gasteiger partial charge >= 0.3 is 0 Å². The Morgan fingerprint density at radius 1 is 1.17 bits per heavy atom. The lowest BCUT2D eigenvalue weighted by atomic mass is 10.1. The van der Waals surface area contributed by atoms with Crippen LogP contribution in [0, 0.1) is 0 Å². The molecule has 0 aliphatic rings. The zero-order chi connectivity index (χ0) is 22.3. The second-order valence-corrected chi connectivity index (χ2v) is 9.75. The van der Waals surface area contributed by atoms with Crippen LogP contribution in [0.25, 0.3) is 0 Å². The van der Waals surface area contributed by atoms with Gasteiger partial charge in [-0.2, -0.15) is 4.31 Å². The molecule has 30 heavy (non-hydrogen) atoms. The van der Waals surface area contributed by atoms with Crippen molar-refractivity contribution in [3.8, 4) is 5.75 Å². The molecular weight excluding hydrogens is 444 g/mol. The summed E-state index contributed by atoms with van der Waals surface area (Å²) in [4.78, 5) is 13.5. The normalized spacial score (nSPS) is 12.6. The molecule has 1 atom stereocenters. The molecule has 6 nitrogen and oxygen atoms in total. The largest absolute Gasteiger partial charge is 0.482 e. The van der Waals surface area contributed by atoms with Crippen LogP contribution in [0.4, 0.5) is 0 Å². The van der Waals surface area contributed by atoms with Gasteiger partial charge in [-0.3, -0.25) is 4.79 Å². The van der Waals surface area contributed by atoms with E-state index in [2.05, 4.69) is 5.32 Å². The van der Waals surface area contributed by atoms with E-state index in [4.69, 9.17) is 16.3 Å². The average molecular weight is 471 g/mol. The molecule has 164 valence electrons. The summed E-state index contributed by atoms with van der Waals surface area (Å²) in [5, 5.41) is 3.14. The van der Waals surface area contributed by atoms with Crippen LogP contribution < -0.4 is 10.1 Å². The van der Waals surface area contributed by atoms with Crippen molar-refractivity contribution in [1.82, 2.24) is 9.62 Å². The van der Waals surface area contributed by atoms with Gasteiger partial charge in [0.1, 0.15) is 10.6 Å². The highest BCUT2D eigenvalue weighted by Crippen LogP contribution is 2.30. The number of hydrogen-bond donors (Lipinski definition) is 1. The van der Waals surface area contributed by atoms with Crippen molar-refractivity contribution in [2.75, 3.05) is 26.0 Å². The number of carbonyl (C=O) groups is 1. The molecule has 0 fully saturated rings. The lowest BCUT2D eigenvalue weighted by Crippen LogP contribution is -2.33. The molecule has 0 heterocycles. The fourth-order valence-corrected chi connectivity index (χ4v) is 5.17. The predicted octanol–water partition coefficient (Wildman–Crippen LogP) is 4.35. The van der Waals surface area contributed by atoms with E-state index in [0.29, 0.717) is 13.1 Å². The van der Waals surface area contributed by atoms with Crippen LogP contribution in [-0.4, -0.2) is 44.6 Å². The van der Waals surface area contributed by atoms with Crippen molar-refractivity contribution in [3.05, 3.63) is 53.1 Å². The Morgan fingerprint density at radius 3 is 2.37 bits per heavy atom. The molecule has 9 heteroatoms. The summed E-state index contributed by atoms with van der Waals surface area (Å²) >= 11 is 7.66. The molecule has 0 aliphatic heterocycles. The highest BCUT2D eigenvalue weighted by molar-refractivity contribution is 7.98. The number of nitrogens with zero attached hydrogens (tertiary/aromatic N) is 1. The summed E-state index contributed by atoms with van der Waals surface area (Å²) in [6.45, 7) is 5.72. The number of hydrogen-bond acceptors (Lipinski definition) is 5. The van der Waals surface area contributed by atoms with Crippen molar-refractivity contribution < 1.29 is 17.9 Å². The lowest BCUT2D eigenvalue weighted by Gasteiger charge is -2.21. The lowest BCUT2D eigenvalue weighted by molar-refractivity contribution is -0.123. The van der Waals surface area contributed by atoms with Gasteiger partial charge in [-0.25, -0.2) is 8.42 Å². The number of thioether (sulfide) groups is 1. The van der Waals surface area contributed by atoms with Crippen LogP contribution in [0.2, 0.25) is 5.02 Å². The molecule has 0 saturated heterocycles. The van der Waals surface area contributed by atoms with E-state index in [1.807, 2.05) is 37.4 Å². The maximum atomic E-state index is 12.9. The van der Waals surface area contributed by atoms with Crippen molar-refractivity contribution in [2.24, 2.45) is 0 Å². The van der Waals surface area contributed by atoms with Gasteiger partial charge < -0.3 is 10.1 Å². The quantitative estimate of drug-likeness (QED) is 0.522. The molecule has 0 spiro atoms. The molecule has 0 saturated carbocycles. The van der Waals surface area contributed by atoms with E-state index in [1.54, 1.807) is 25.6 Å². The zero-order valence-corrected chi connectivity index (χ0v) is 19.9. The number of carbonyl (C=O) groups excluding carboxylic acids is 1. The maximum absolute atomic E-state index is 12.9. The predicted molar refractivity (Wildman–Crippen MR) is 122 cm³/mol. The molecule has 2 rings (SSSR count). The second-order valence-electron chi connectivity index (χ2n) is 6.53. The van der Waals surface area contributed by atoms with Gasteiger partial charge in [-0.05, 0) is 49.1 Å². The van der Waals surface area contributed by atoms with Crippen LogP contribution in [-0.2, 0) is 14.8 Å². The number of ether oxygens (including phenoxy) is 1. The topological polar surface area (TPSA) is 75.7 Å². The summed E-state index contributed by atoms with van der Waals surface area (Å²) in [5.41, 5.74) is 0.970. The smallest absolute Gasteiger partial charge is 0.258 e. The van der Waals surface area contributed by atoms with Crippen molar-refractivity contribution in [1.29, 1.82) is 0 Å². The van der Waals surface area contributed by atoms with Crippen LogP contribution in [0.3, 0.4) is 0 Å². The Morgan fingerprint density at radius 2 is 1.80 bits per heavy atom. The molecule has 0 unspecified atom stereocenters. The molecule has 2 aromatic rings. The first-order chi connectivity index (χ1) is 14.2. The van der Waals surface area contributed by atoms with E-state index in [0.717, 1.165) is 10.5 Å². The van der Waals surface area contributed by atoms with E-state index >= 15 is 0 Å². The first-order valence-electron chi connectivity index (χ1n) is 9.58. The first-order valence-corrected chi connectivity index (χ1v) is 12.6. The Labute approximate surface area is 188 Å². The summed E-state index contributed by atoms with van der Waals surface area (Å²) in [5.74, 6) is -0.254. The Hall–Kier alpha value is -1.74. The van der Waals surface area contributed by atoms with E-state index < -0.39 is 10.0 Å². The number of rotatable bonds is 10. The van der Waals surface area contributed by atoms with Gasteiger partial charge in [0.2, 0.25) is 10.0 Å². The minimum absolute atomic E-state index is 0.0489. The molecule has 0 radical (unpaired) electrons. The van der Waals surface area contributed by atoms with Crippen molar-refractivity contribution in [3.63, 3.8) is 0 Å². The summed E-state index contributed by atoms with van der Waals surface area (Å²) in [6.07, 6.45) is 2.00. The molecule has 0 aromatic heterocycles. The zero-order valence-electron chi connectivity index (χ0n) is 17.5. The molecule has 1 amide bonds. The summed E-state index contributed by atoms with van der Waals surface area (Å²) in [7, 11) is -3.78. The molecule has 0 aliphatic carbocycles. The molecule has 2 aromatic carbocycles. The van der Waals surface area contributed by atoms with Crippen LogP contribution in [0.5, 0.6) is 5.75 Å². The summed E-state index contributed by atoms with van der Waals surface area (Å²) in [6, 6.07) is 12.1. The third-order valence-electron chi connectivity index (χ3n) is 4.58. The SMILES string of the molecule is CCN(CC)S(=O)(=O)c1cc(Cl)ccc1OCC(=O)N[C@@H](C)c1ccc(SC)cc1. The first kappa shape index (κ1) is 24.5. The minimum Gasteiger partial charge on any atom is -0.482 e. The number of nitrogens with one attached hydrogen (secondary N) is 1. The van der Waals surface area contributed by atoms with Gasteiger partial charge in [-0.15, -0.1) is 11.8 Å². The number of sulfonamides is 1. The van der Waals surface area contributed by atoms with Gasteiger partial charge in [-0.1, -0.05) is 37.6 Å². The Balaban J connectivity index is 2.10. The van der Waals surface area contributed by atoms with Crippen molar-refractivity contribution >= 4 is 39.3 Å². The standard InChI is InChI=1S/C21H27ClN2O4S2/c1-5-24(6-2)30(26,27)20-13-17(22)9-12-19(20)28-14-21(25)23-15(3)16-7-10-18(29-4)11-8-16/h7-13,15H,5-6,14H2,1-4H3,(H,23,25)/t15-/m0/s1. The second kappa shape index (κ2) is 11.0. The third kappa shape index (κ3) is 6.14. The number of amides is 1. The average Bonchev–Trinajstić information content (AvgIpc) is 2.73. The van der Waals surface area contributed by atoms with Crippen LogP contribution in [0.1, 0.15) is 32.4 Å². The third-order valence-corrected chi connectivity index (χ3v) is 7.63. The van der Waals surface area contributed by atoms with Crippen molar-refractivity contribution in [2.45, 2.75) is 36.6 Å². The van der Waals surface area contributed by atoms with E-state index in [-0.39, 0.29) is 34.2 Å². The summed E-state index contributed by atoms with van der Waals surface area (Å²) < 4.78 is 32.7. The number of benzene rings is 2. The van der Waals surface area contributed by atoms with Gasteiger partial charge in [0.25, 0.3) is 5.91 Å². The minimum atomic E-state index is -3.78. The van der Waals surface area contributed by atoms with Gasteiger partial charge in [0, 0.05) is 23.0 Å². The highest BCUT2D eigenvalue weighted by atomic mass is 35.5. The number of halogens is 1. The molecule has 1 N–H and O–H groups in total. The van der Waals surface area contributed by atoms with Gasteiger partial charge in [0.05, 0.1) is 6.04 Å². The highest BCUT2D eigenvalue weighted by Gasteiger charge is 2.26. The van der Waals surface area contributed by atoms with E-state index in [9.17, 15) is 13.2 Å². The van der Waals surface area contributed by atoms with Crippen LogP contribution >= 0.6 is 23.4 Å². The molecular formula is C21H27ClN2O4S2. The van der Waals surface area contributed by atoms with Gasteiger partial charge in [0.15, 0.2) is 6.61 Å². The fourth-order valence-electron chi connectivity index (χ4n) is 2.91. The maximum Gasteiger partial charge on any atom is 0.258 e. The Bertz CT molecular complexity index is 961.